The molecule has 0 aliphatic carbocycles. The highest BCUT2D eigenvalue weighted by Crippen LogP contribution is 2.29. The van der Waals surface area contributed by atoms with Crippen molar-refractivity contribution in [2.75, 3.05) is 0 Å². The van der Waals surface area contributed by atoms with Gasteiger partial charge in [0.15, 0.2) is 0 Å². The van der Waals surface area contributed by atoms with Gasteiger partial charge in [-0.15, -0.1) is 11.3 Å². The highest BCUT2D eigenvalue weighted by atomic mass is 79.9. The number of carbonyl (C=O) groups is 1. The molecule has 0 spiro atoms. The summed E-state index contributed by atoms with van der Waals surface area (Å²) >= 11 is 6.47. The van der Waals surface area contributed by atoms with E-state index in [1.807, 2.05) is 29.8 Å². The quantitative estimate of drug-likeness (QED) is 0.760. The Kier molecular flexibility index (Phi) is 2.85. The van der Waals surface area contributed by atoms with E-state index in [1.54, 1.807) is 11.3 Å². The second kappa shape index (κ2) is 3.96. The van der Waals surface area contributed by atoms with E-state index in [4.69, 9.17) is 0 Å². The molecule has 0 atom stereocenters. The topological polar surface area (TPSA) is 17.1 Å². The molecule has 4 heteroatoms. The van der Waals surface area contributed by atoms with Crippen molar-refractivity contribution < 1.29 is 4.79 Å². The smallest absolute Gasteiger partial charge is 0.204 e. The number of carbonyl (C=O) groups excluding carboxylic acids is 1. The number of thiophene rings is 2. The minimum absolute atomic E-state index is 0.108. The van der Waals surface area contributed by atoms with Gasteiger partial charge in [0.1, 0.15) is 0 Å². The first-order chi connectivity index (χ1) is 6.68. The third kappa shape index (κ3) is 1.82. The summed E-state index contributed by atoms with van der Waals surface area (Å²) < 4.78 is 0.899. The van der Waals surface area contributed by atoms with Crippen molar-refractivity contribution in [3.8, 4) is 0 Å². The van der Waals surface area contributed by atoms with E-state index in [9.17, 15) is 4.79 Å². The van der Waals surface area contributed by atoms with Gasteiger partial charge < -0.3 is 0 Å². The molecule has 0 aliphatic rings. The third-order valence-corrected chi connectivity index (χ3v) is 4.42. The fourth-order valence-electron chi connectivity index (χ4n) is 1.16. The van der Waals surface area contributed by atoms with Gasteiger partial charge in [-0.2, -0.15) is 11.3 Å². The molecule has 2 aromatic rings. The van der Waals surface area contributed by atoms with Crippen LogP contribution in [0.5, 0.6) is 0 Å². The number of halogens is 1. The number of hydrogen-bond donors (Lipinski definition) is 0. The average Bonchev–Trinajstić information content (AvgIpc) is 2.73. The van der Waals surface area contributed by atoms with E-state index >= 15 is 0 Å². The number of aryl methyl sites for hydroxylation is 1. The molecule has 0 bridgehead atoms. The standard InChI is InChI=1S/C10H7BrOS2/c1-6-4-8(11)10(14-6)9(12)7-2-3-13-5-7/h2-5H,1H3. The molecule has 0 unspecified atom stereocenters. The molecule has 2 rings (SSSR count). The van der Waals surface area contributed by atoms with Gasteiger partial charge in [0.25, 0.3) is 0 Å². The van der Waals surface area contributed by atoms with Crippen molar-refractivity contribution in [3.63, 3.8) is 0 Å². The summed E-state index contributed by atoms with van der Waals surface area (Å²) in [6, 6.07) is 3.83. The van der Waals surface area contributed by atoms with Crippen LogP contribution in [0, 0.1) is 6.92 Å². The third-order valence-electron chi connectivity index (χ3n) is 1.80. The maximum atomic E-state index is 11.9. The van der Waals surface area contributed by atoms with E-state index in [2.05, 4.69) is 15.9 Å². The van der Waals surface area contributed by atoms with Crippen molar-refractivity contribution >= 4 is 44.4 Å². The summed E-state index contributed by atoms with van der Waals surface area (Å²) in [4.78, 5) is 13.9. The van der Waals surface area contributed by atoms with Crippen LogP contribution in [0.4, 0.5) is 0 Å². The van der Waals surface area contributed by atoms with Crippen LogP contribution in [0.1, 0.15) is 20.1 Å². The predicted octanol–water partition coefficient (Wildman–Crippen LogP) is 4.11. The Labute approximate surface area is 98.5 Å². The molecule has 0 radical (unpaired) electrons. The van der Waals surface area contributed by atoms with Crippen LogP contribution in [-0.4, -0.2) is 5.78 Å². The second-order valence-electron chi connectivity index (χ2n) is 2.88. The monoisotopic (exact) mass is 286 g/mol. The van der Waals surface area contributed by atoms with E-state index in [-0.39, 0.29) is 5.78 Å². The van der Waals surface area contributed by atoms with Crippen LogP contribution in [-0.2, 0) is 0 Å². The fraction of sp³-hybridized carbons (Fsp3) is 0.100. The molecule has 0 aliphatic heterocycles. The van der Waals surface area contributed by atoms with Gasteiger partial charge in [-0.05, 0) is 40.4 Å². The van der Waals surface area contributed by atoms with Crippen LogP contribution in [0.25, 0.3) is 0 Å². The zero-order valence-electron chi connectivity index (χ0n) is 7.41. The van der Waals surface area contributed by atoms with E-state index in [0.717, 1.165) is 19.8 Å². The highest BCUT2D eigenvalue weighted by molar-refractivity contribution is 9.10. The molecule has 14 heavy (non-hydrogen) atoms. The Morgan fingerprint density at radius 3 is 2.79 bits per heavy atom. The maximum absolute atomic E-state index is 11.9. The van der Waals surface area contributed by atoms with Crippen LogP contribution in [0.15, 0.2) is 27.4 Å². The Morgan fingerprint density at radius 1 is 1.50 bits per heavy atom. The first-order valence-corrected chi connectivity index (χ1v) is 6.56. The van der Waals surface area contributed by atoms with Crippen molar-refractivity contribution in [1.29, 1.82) is 0 Å². The summed E-state index contributed by atoms with van der Waals surface area (Å²) in [5.74, 6) is 0.108. The number of ketones is 1. The van der Waals surface area contributed by atoms with Crippen LogP contribution in [0.2, 0.25) is 0 Å². The molecule has 72 valence electrons. The SMILES string of the molecule is Cc1cc(Br)c(C(=O)c2ccsc2)s1. The molecule has 0 aromatic carbocycles. The summed E-state index contributed by atoms with van der Waals surface area (Å²) in [5.41, 5.74) is 0.776. The largest absolute Gasteiger partial charge is 0.288 e. The van der Waals surface area contributed by atoms with E-state index in [0.29, 0.717) is 0 Å². The Bertz CT molecular complexity index is 456. The zero-order chi connectivity index (χ0) is 10.1. The van der Waals surface area contributed by atoms with Crippen molar-refractivity contribution in [2.24, 2.45) is 0 Å². The van der Waals surface area contributed by atoms with Crippen molar-refractivity contribution in [2.45, 2.75) is 6.92 Å². The van der Waals surface area contributed by atoms with Crippen LogP contribution >= 0.6 is 38.6 Å². The van der Waals surface area contributed by atoms with Gasteiger partial charge >= 0.3 is 0 Å². The van der Waals surface area contributed by atoms with E-state index in [1.165, 1.54) is 11.3 Å². The van der Waals surface area contributed by atoms with Gasteiger partial charge in [0, 0.05) is 20.3 Å². The van der Waals surface area contributed by atoms with Gasteiger partial charge in [0.05, 0.1) is 4.88 Å². The minimum atomic E-state index is 0.108. The van der Waals surface area contributed by atoms with Gasteiger partial charge in [-0.25, -0.2) is 0 Å². The molecule has 1 nitrogen and oxygen atoms in total. The Balaban J connectivity index is 2.41. The van der Waals surface area contributed by atoms with E-state index < -0.39 is 0 Å². The molecule has 0 saturated heterocycles. The predicted molar refractivity (Wildman–Crippen MR) is 64.5 cm³/mol. The fourth-order valence-corrected chi connectivity index (χ4v) is 3.58. The summed E-state index contributed by atoms with van der Waals surface area (Å²) in [5, 5.41) is 3.80. The first kappa shape index (κ1) is 10.1. The van der Waals surface area contributed by atoms with Crippen LogP contribution in [0.3, 0.4) is 0 Å². The lowest BCUT2D eigenvalue weighted by Crippen LogP contribution is -1.96. The Hall–Kier alpha value is -0.450. The lowest BCUT2D eigenvalue weighted by Gasteiger charge is -1.93. The molecule has 0 saturated carbocycles. The molecule has 2 aromatic heterocycles. The lowest BCUT2D eigenvalue weighted by atomic mass is 10.2. The van der Waals surface area contributed by atoms with Gasteiger partial charge in [-0.1, -0.05) is 0 Å². The summed E-state index contributed by atoms with van der Waals surface area (Å²) in [6.45, 7) is 2.00. The molecular weight excluding hydrogens is 280 g/mol. The summed E-state index contributed by atoms with van der Waals surface area (Å²) in [7, 11) is 0. The maximum Gasteiger partial charge on any atom is 0.204 e. The van der Waals surface area contributed by atoms with Crippen molar-refractivity contribution in [3.05, 3.63) is 42.7 Å². The Morgan fingerprint density at radius 2 is 2.29 bits per heavy atom. The molecule has 2 heterocycles. The molecule has 0 fully saturated rings. The minimum Gasteiger partial charge on any atom is -0.288 e. The molecule has 0 amide bonds. The van der Waals surface area contributed by atoms with Gasteiger partial charge in [-0.3, -0.25) is 4.79 Å². The first-order valence-electron chi connectivity index (χ1n) is 4.01. The van der Waals surface area contributed by atoms with Crippen molar-refractivity contribution in [1.82, 2.24) is 0 Å². The number of hydrogen-bond acceptors (Lipinski definition) is 3. The lowest BCUT2D eigenvalue weighted by molar-refractivity contribution is 0.104. The molecular formula is C10H7BrOS2. The normalized spacial score (nSPS) is 10.4. The summed E-state index contributed by atoms with van der Waals surface area (Å²) in [6.07, 6.45) is 0. The van der Waals surface area contributed by atoms with Gasteiger partial charge in [0.2, 0.25) is 5.78 Å². The number of rotatable bonds is 2. The zero-order valence-corrected chi connectivity index (χ0v) is 10.6. The van der Waals surface area contributed by atoms with Crippen LogP contribution < -0.4 is 0 Å². The second-order valence-corrected chi connectivity index (χ2v) is 5.77. The molecule has 0 N–H and O–H groups in total. The average molecular weight is 287 g/mol. The highest BCUT2D eigenvalue weighted by Gasteiger charge is 2.15.